The molecule has 2 rings (SSSR count). The highest BCUT2D eigenvalue weighted by molar-refractivity contribution is 7.89. The Kier molecular flexibility index (Phi) is 6.20. The molecular weight excluding hydrogens is 330 g/mol. The Balaban J connectivity index is 2.20. The second-order valence-electron chi connectivity index (χ2n) is 5.90. The fourth-order valence-corrected chi connectivity index (χ4v) is 3.85. The largest absolute Gasteiger partial charge is 0.496 e. The maximum Gasteiger partial charge on any atom is 0.240 e. The summed E-state index contributed by atoms with van der Waals surface area (Å²) < 4.78 is 33.1. The van der Waals surface area contributed by atoms with Crippen LogP contribution in [0.3, 0.4) is 0 Å². The predicted octanol–water partition coefficient (Wildman–Crippen LogP) is 0.737. The molecule has 24 heavy (non-hydrogen) atoms. The van der Waals surface area contributed by atoms with Gasteiger partial charge in [-0.05, 0) is 37.0 Å². The Morgan fingerprint density at radius 2 is 2.12 bits per heavy atom. The molecule has 0 spiro atoms. The third kappa shape index (κ3) is 4.68. The van der Waals surface area contributed by atoms with Crippen LogP contribution in [-0.4, -0.2) is 34.0 Å². The Hall–Kier alpha value is -1.64. The van der Waals surface area contributed by atoms with Crippen molar-refractivity contribution in [1.29, 1.82) is 0 Å². The van der Waals surface area contributed by atoms with Crippen molar-refractivity contribution in [3.05, 3.63) is 23.8 Å². The van der Waals surface area contributed by atoms with Gasteiger partial charge in [-0.15, -0.1) is 0 Å². The fraction of sp³-hybridized carbons (Fsp3) is 0.562. The van der Waals surface area contributed by atoms with Gasteiger partial charge < -0.3 is 15.8 Å². The fourth-order valence-electron chi connectivity index (χ4n) is 2.48. The van der Waals surface area contributed by atoms with Gasteiger partial charge in [-0.25, -0.2) is 13.1 Å². The highest BCUT2D eigenvalue weighted by Crippen LogP contribution is 2.33. The Bertz CT molecular complexity index is 687. The maximum atomic E-state index is 12.6. The number of carbonyl (C=O) groups is 1. The molecule has 0 heterocycles. The zero-order valence-corrected chi connectivity index (χ0v) is 14.9. The lowest BCUT2D eigenvalue weighted by Crippen LogP contribution is -2.41. The van der Waals surface area contributed by atoms with E-state index in [9.17, 15) is 13.2 Å². The molecule has 8 heteroatoms. The molecule has 7 nitrogen and oxygen atoms in total. The van der Waals surface area contributed by atoms with Crippen molar-refractivity contribution < 1.29 is 17.9 Å². The monoisotopic (exact) mass is 355 g/mol. The van der Waals surface area contributed by atoms with E-state index in [0.717, 1.165) is 12.8 Å². The summed E-state index contributed by atoms with van der Waals surface area (Å²) in [5.41, 5.74) is 6.29. The van der Waals surface area contributed by atoms with Crippen LogP contribution >= 0.6 is 0 Å². The summed E-state index contributed by atoms with van der Waals surface area (Å²) in [6.45, 7) is 2.24. The van der Waals surface area contributed by atoms with Crippen LogP contribution < -0.4 is 20.5 Å². The van der Waals surface area contributed by atoms with Gasteiger partial charge in [0.1, 0.15) is 5.75 Å². The van der Waals surface area contributed by atoms with Gasteiger partial charge in [0.2, 0.25) is 15.9 Å². The van der Waals surface area contributed by atoms with Gasteiger partial charge in [0, 0.05) is 31.1 Å². The highest BCUT2D eigenvalue weighted by Gasteiger charge is 2.33. The summed E-state index contributed by atoms with van der Waals surface area (Å²) in [4.78, 5) is 11.6. The quantitative estimate of drug-likeness (QED) is 0.605. The number of methoxy groups -OCH3 is 1. The first-order valence-corrected chi connectivity index (χ1v) is 9.55. The number of nitrogens with two attached hydrogens (primary N) is 1. The van der Waals surface area contributed by atoms with Crippen LogP contribution in [0.5, 0.6) is 5.75 Å². The van der Waals surface area contributed by atoms with E-state index in [4.69, 9.17) is 10.5 Å². The number of hydrogen-bond acceptors (Lipinski definition) is 5. The van der Waals surface area contributed by atoms with Crippen LogP contribution in [0.1, 0.15) is 31.7 Å². The predicted molar refractivity (Wildman–Crippen MR) is 91.0 cm³/mol. The molecule has 1 aromatic rings. The molecule has 1 amide bonds. The van der Waals surface area contributed by atoms with Crippen molar-refractivity contribution in [2.45, 2.75) is 43.7 Å². The van der Waals surface area contributed by atoms with Gasteiger partial charge in [-0.2, -0.15) is 0 Å². The highest BCUT2D eigenvalue weighted by atomic mass is 32.2. The van der Waals surface area contributed by atoms with Gasteiger partial charge in [0.25, 0.3) is 0 Å². The summed E-state index contributed by atoms with van der Waals surface area (Å²) in [5, 5.41) is 2.73. The van der Waals surface area contributed by atoms with Crippen LogP contribution in [0.4, 0.5) is 0 Å². The lowest BCUT2D eigenvalue weighted by Gasteiger charge is -2.17. The molecule has 1 unspecified atom stereocenters. The van der Waals surface area contributed by atoms with E-state index in [1.165, 1.54) is 19.2 Å². The molecule has 134 valence electrons. The second kappa shape index (κ2) is 7.96. The number of carbonyl (C=O) groups excluding carboxylic acids is 1. The molecule has 4 N–H and O–H groups in total. The SMILES string of the molecule is CCC(=O)NCc1cc(S(=O)(=O)NC(CN)C2CC2)ccc1OC. The van der Waals surface area contributed by atoms with Crippen molar-refractivity contribution in [3.63, 3.8) is 0 Å². The number of sulfonamides is 1. The maximum absolute atomic E-state index is 12.6. The summed E-state index contributed by atoms with van der Waals surface area (Å²) in [6, 6.07) is 4.38. The van der Waals surface area contributed by atoms with Gasteiger partial charge >= 0.3 is 0 Å². The molecular formula is C16H25N3O4S. The Morgan fingerprint density at radius 3 is 2.67 bits per heavy atom. The van der Waals surface area contributed by atoms with Gasteiger partial charge in [-0.3, -0.25) is 4.79 Å². The zero-order chi connectivity index (χ0) is 17.7. The lowest BCUT2D eigenvalue weighted by atomic mass is 10.2. The third-order valence-electron chi connectivity index (χ3n) is 4.11. The summed E-state index contributed by atoms with van der Waals surface area (Å²) >= 11 is 0. The molecule has 1 fully saturated rings. The van der Waals surface area contributed by atoms with Crippen molar-refractivity contribution in [2.75, 3.05) is 13.7 Å². The number of rotatable bonds is 9. The van der Waals surface area contributed by atoms with Crippen LogP contribution in [0.2, 0.25) is 0 Å². The van der Waals surface area contributed by atoms with Crippen molar-refractivity contribution >= 4 is 15.9 Å². The summed E-state index contributed by atoms with van der Waals surface area (Å²) in [6.07, 6.45) is 2.37. The van der Waals surface area contributed by atoms with Crippen LogP contribution in [0, 0.1) is 5.92 Å². The smallest absolute Gasteiger partial charge is 0.240 e. The second-order valence-corrected chi connectivity index (χ2v) is 7.62. The topological polar surface area (TPSA) is 111 Å². The first kappa shape index (κ1) is 18.7. The van der Waals surface area contributed by atoms with Crippen molar-refractivity contribution in [3.8, 4) is 5.75 Å². The minimum absolute atomic E-state index is 0.111. The van der Waals surface area contributed by atoms with E-state index in [1.807, 2.05) is 0 Å². The molecule has 1 aliphatic rings. The van der Waals surface area contributed by atoms with Crippen LogP contribution in [-0.2, 0) is 21.4 Å². The van der Waals surface area contributed by atoms with E-state index >= 15 is 0 Å². The molecule has 1 aromatic carbocycles. The molecule has 0 saturated heterocycles. The van der Waals surface area contributed by atoms with E-state index in [0.29, 0.717) is 23.7 Å². The first-order valence-electron chi connectivity index (χ1n) is 8.07. The molecule has 1 saturated carbocycles. The lowest BCUT2D eigenvalue weighted by molar-refractivity contribution is -0.120. The average Bonchev–Trinajstić information content (AvgIpc) is 3.42. The number of ether oxygens (including phenoxy) is 1. The standard InChI is InChI=1S/C16H25N3O4S/c1-3-16(20)18-10-12-8-13(6-7-15(12)23-2)24(21,22)19-14(9-17)11-4-5-11/h6-8,11,14,19H,3-5,9-10,17H2,1-2H3,(H,18,20). The normalized spacial score (nSPS) is 15.8. The van der Waals surface area contributed by atoms with E-state index in [1.54, 1.807) is 13.0 Å². The summed E-state index contributed by atoms with van der Waals surface area (Å²) in [5.74, 6) is 0.745. The van der Waals surface area contributed by atoms with Crippen LogP contribution in [0.15, 0.2) is 23.1 Å². The number of amides is 1. The number of benzene rings is 1. The van der Waals surface area contributed by atoms with Crippen molar-refractivity contribution in [1.82, 2.24) is 10.0 Å². The van der Waals surface area contributed by atoms with E-state index < -0.39 is 10.0 Å². The molecule has 0 aromatic heterocycles. The zero-order valence-electron chi connectivity index (χ0n) is 14.0. The third-order valence-corrected chi connectivity index (χ3v) is 5.60. The average molecular weight is 355 g/mol. The Morgan fingerprint density at radius 1 is 1.42 bits per heavy atom. The van der Waals surface area contributed by atoms with E-state index in [2.05, 4.69) is 10.0 Å². The molecule has 0 aliphatic heterocycles. The molecule has 0 radical (unpaired) electrons. The number of hydrogen-bond donors (Lipinski definition) is 3. The van der Waals surface area contributed by atoms with Gasteiger partial charge in [0.15, 0.2) is 0 Å². The minimum Gasteiger partial charge on any atom is -0.496 e. The van der Waals surface area contributed by atoms with Crippen molar-refractivity contribution in [2.24, 2.45) is 11.7 Å². The minimum atomic E-state index is -3.67. The van der Waals surface area contributed by atoms with Gasteiger partial charge in [-0.1, -0.05) is 6.92 Å². The molecule has 0 bridgehead atoms. The van der Waals surface area contributed by atoms with Gasteiger partial charge in [0.05, 0.1) is 12.0 Å². The summed E-state index contributed by atoms with van der Waals surface area (Å²) in [7, 11) is -2.16. The van der Waals surface area contributed by atoms with Crippen LogP contribution in [0.25, 0.3) is 0 Å². The molecule has 1 aliphatic carbocycles. The van der Waals surface area contributed by atoms with E-state index in [-0.39, 0.29) is 29.9 Å². The first-order chi connectivity index (χ1) is 11.4. The number of nitrogens with one attached hydrogen (secondary N) is 2. The molecule has 1 atom stereocenters. The Labute approximate surface area is 143 Å².